The summed E-state index contributed by atoms with van der Waals surface area (Å²) in [5.41, 5.74) is 2.71. The van der Waals surface area contributed by atoms with E-state index < -0.39 is 4.92 Å². The van der Waals surface area contributed by atoms with Crippen molar-refractivity contribution in [3.8, 4) is 22.0 Å². The number of non-ortho nitro benzene ring substituents is 1. The van der Waals surface area contributed by atoms with Crippen LogP contribution in [0.5, 0.6) is 0 Å². The zero-order valence-corrected chi connectivity index (χ0v) is 14.8. The van der Waals surface area contributed by atoms with Crippen molar-refractivity contribution in [2.24, 2.45) is 0 Å². The van der Waals surface area contributed by atoms with Crippen LogP contribution in [0.25, 0.3) is 26.9 Å². The first kappa shape index (κ1) is 16.2. The third-order valence-electron chi connectivity index (χ3n) is 3.94. The average molecular weight is 366 g/mol. The summed E-state index contributed by atoms with van der Waals surface area (Å²) in [5, 5.41) is 24.6. The molecule has 0 bridgehead atoms. The molecule has 0 fully saturated rings. The van der Waals surface area contributed by atoms with Crippen LogP contribution in [0.3, 0.4) is 0 Å². The zero-order chi connectivity index (χ0) is 18.3. The molecule has 26 heavy (non-hydrogen) atoms. The molecule has 0 unspecified atom stereocenters. The molecule has 0 spiro atoms. The molecule has 0 aliphatic heterocycles. The van der Waals surface area contributed by atoms with Gasteiger partial charge in [-0.2, -0.15) is 9.61 Å². The van der Waals surface area contributed by atoms with Crippen LogP contribution in [-0.4, -0.2) is 38.8 Å². The monoisotopic (exact) mass is 366 g/mol. The van der Waals surface area contributed by atoms with Gasteiger partial charge >= 0.3 is 0 Å². The predicted molar refractivity (Wildman–Crippen MR) is 101 cm³/mol. The topological polar surface area (TPSA) is 89.5 Å². The number of nitro benzene ring substituents is 1. The molecule has 0 aliphatic rings. The minimum absolute atomic E-state index is 0.0352. The minimum Gasteiger partial charge on any atom is -0.378 e. The highest BCUT2D eigenvalue weighted by atomic mass is 32.1. The van der Waals surface area contributed by atoms with E-state index in [1.807, 2.05) is 43.3 Å². The van der Waals surface area contributed by atoms with Crippen LogP contribution in [0.1, 0.15) is 0 Å². The van der Waals surface area contributed by atoms with Crippen molar-refractivity contribution in [1.29, 1.82) is 0 Å². The van der Waals surface area contributed by atoms with E-state index in [0.29, 0.717) is 21.4 Å². The SMILES string of the molecule is CN(C)c1ccc(-c2nnc3sc(-c4cccc([N+](=O)[O-])c4)nn23)cc1. The molecule has 4 rings (SSSR count). The number of hydrogen-bond acceptors (Lipinski definition) is 7. The number of benzene rings is 2. The third-order valence-corrected chi connectivity index (χ3v) is 4.88. The van der Waals surface area contributed by atoms with Gasteiger partial charge in [0, 0.05) is 43.0 Å². The molecule has 9 heteroatoms. The van der Waals surface area contributed by atoms with E-state index in [9.17, 15) is 10.1 Å². The summed E-state index contributed by atoms with van der Waals surface area (Å²) in [6.07, 6.45) is 0. The predicted octanol–water partition coefficient (Wildman–Crippen LogP) is 3.49. The first-order valence-corrected chi connectivity index (χ1v) is 8.59. The second kappa shape index (κ2) is 6.19. The molecule has 130 valence electrons. The van der Waals surface area contributed by atoms with E-state index in [1.54, 1.807) is 16.6 Å². The molecule has 2 aromatic carbocycles. The molecular weight excluding hydrogens is 352 g/mol. The summed E-state index contributed by atoms with van der Waals surface area (Å²) >= 11 is 1.34. The van der Waals surface area contributed by atoms with Gasteiger partial charge in [0.15, 0.2) is 5.82 Å². The van der Waals surface area contributed by atoms with Crippen molar-refractivity contribution in [3.63, 3.8) is 0 Å². The number of hydrogen-bond donors (Lipinski definition) is 0. The smallest absolute Gasteiger partial charge is 0.270 e. The maximum Gasteiger partial charge on any atom is 0.270 e. The Hall–Kier alpha value is -3.33. The van der Waals surface area contributed by atoms with Crippen LogP contribution in [0.4, 0.5) is 11.4 Å². The summed E-state index contributed by atoms with van der Waals surface area (Å²) in [7, 11) is 3.96. The maximum atomic E-state index is 11.0. The Kier molecular flexibility index (Phi) is 3.85. The molecule has 2 aromatic heterocycles. The van der Waals surface area contributed by atoms with Crippen molar-refractivity contribution >= 4 is 27.7 Å². The Balaban J connectivity index is 1.75. The molecule has 0 N–H and O–H groups in total. The lowest BCUT2D eigenvalue weighted by molar-refractivity contribution is -0.384. The van der Waals surface area contributed by atoms with E-state index >= 15 is 0 Å². The molecular formula is C17H14N6O2S. The molecule has 4 aromatic rings. The van der Waals surface area contributed by atoms with Crippen molar-refractivity contribution in [1.82, 2.24) is 19.8 Å². The Morgan fingerprint density at radius 1 is 1.08 bits per heavy atom. The first-order chi connectivity index (χ1) is 12.5. The van der Waals surface area contributed by atoms with Gasteiger partial charge in [0.25, 0.3) is 5.69 Å². The third kappa shape index (κ3) is 2.78. The number of fused-ring (bicyclic) bond motifs is 1. The number of nitro groups is 1. The van der Waals surface area contributed by atoms with Gasteiger partial charge in [0.1, 0.15) is 5.01 Å². The first-order valence-electron chi connectivity index (χ1n) is 7.78. The quantitative estimate of drug-likeness (QED) is 0.406. The molecule has 0 saturated heterocycles. The Labute approximate surface area is 152 Å². The normalized spacial score (nSPS) is 11.0. The number of aromatic nitrogens is 4. The summed E-state index contributed by atoms with van der Waals surface area (Å²) < 4.78 is 1.67. The zero-order valence-electron chi connectivity index (χ0n) is 14.0. The number of nitrogens with zero attached hydrogens (tertiary/aromatic N) is 6. The molecule has 0 saturated carbocycles. The van der Waals surface area contributed by atoms with E-state index in [1.165, 1.54) is 23.5 Å². The molecule has 0 amide bonds. The van der Waals surface area contributed by atoms with Gasteiger partial charge in [-0.1, -0.05) is 23.5 Å². The minimum atomic E-state index is -0.415. The fraction of sp³-hybridized carbons (Fsp3) is 0.118. The summed E-state index contributed by atoms with van der Waals surface area (Å²) in [6.45, 7) is 0. The Bertz CT molecular complexity index is 1100. The van der Waals surface area contributed by atoms with Crippen LogP contribution in [0.15, 0.2) is 48.5 Å². The van der Waals surface area contributed by atoms with Gasteiger partial charge in [-0.25, -0.2) is 0 Å². The van der Waals surface area contributed by atoms with Crippen LogP contribution in [0.2, 0.25) is 0 Å². The van der Waals surface area contributed by atoms with Crippen LogP contribution in [-0.2, 0) is 0 Å². The van der Waals surface area contributed by atoms with Crippen molar-refractivity contribution in [2.45, 2.75) is 0 Å². The fourth-order valence-electron chi connectivity index (χ4n) is 2.57. The Morgan fingerprint density at radius 2 is 1.85 bits per heavy atom. The van der Waals surface area contributed by atoms with Crippen LogP contribution in [0, 0.1) is 10.1 Å². The molecule has 0 radical (unpaired) electrons. The molecule has 0 aliphatic carbocycles. The second-order valence-corrected chi connectivity index (χ2v) is 6.83. The van der Waals surface area contributed by atoms with Crippen LogP contribution < -0.4 is 4.90 Å². The van der Waals surface area contributed by atoms with E-state index in [0.717, 1.165) is 11.3 Å². The van der Waals surface area contributed by atoms with Gasteiger partial charge < -0.3 is 4.90 Å². The highest BCUT2D eigenvalue weighted by molar-refractivity contribution is 7.19. The van der Waals surface area contributed by atoms with Crippen molar-refractivity contribution in [2.75, 3.05) is 19.0 Å². The standard InChI is InChI=1S/C17H14N6O2S/c1-21(2)13-8-6-11(7-9-13)15-18-19-17-22(15)20-16(26-17)12-4-3-5-14(10-12)23(24)25/h3-10H,1-2H3. The highest BCUT2D eigenvalue weighted by Gasteiger charge is 2.16. The molecule has 0 atom stereocenters. The fourth-order valence-corrected chi connectivity index (χ4v) is 3.41. The maximum absolute atomic E-state index is 11.0. The number of anilines is 1. The van der Waals surface area contributed by atoms with Gasteiger partial charge in [0.05, 0.1) is 4.92 Å². The van der Waals surface area contributed by atoms with Crippen molar-refractivity contribution < 1.29 is 4.92 Å². The Morgan fingerprint density at radius 3 is 2.54 bits per heavy atom. The van der Waals surface area contributed by atoms with Gasteiger partial charge in [-0.3, -0.25) is 10.1 Å². The van der Waals surface area contributed by atoms with Crippen LogP contribution >= 0.6 is 11.3 Å². The lowest BCUT2D eigenvalue weighted by atomic mass is 10.2. The summed E-state index contributed by atoms with van der Waals surface area (Å²) in [4.78, 5) is 13.2. The van der Waals surface area contributed by atoms with Gasteiger partial charge in [-0.15, -0.1) is 10.2 Å². The molecule has 8 nitrogen and oxygen atoms in total. The van der Waals surface area contributed by atoms with E-state index in [4.69, 9.17) is 0 Å². The van der Waals surface area contributed by atoms with E-state index in [2.05, 4.69) is 15.3 Å². The second-order valence-electron chi connectivity index (χ2n) is 5.87. The molecule has 2 heterocycles. The summed E-state index contributed by atoms with van der Waals surface area (Å²) in [6, 6.07) is 14.4. The summed E-state index contributed by atoms with van der Waals surface area (Å²) in [5.74, 6) is 0.637. The lowest BCUT2D eigenvalue weighted by Gasteiger charge is -2.11. The van der Waals surface area contributed by atoms with E-state index in [-0.39, 0.29) is 5.69 Å². The largest absolute Gasteiger partial charge is 0.378 e. The average Bonchev–Trinajstić information content (AvgIpc) is 3.22. The highest BCUT2D eigenvalue weighted by Crippen LogP contribution is 2.30. The number of rotatable bonds is 4. The van der Waals surface area contributed by atoms with Gasteiger partial charge in [0.2, 0.25) is 4.96 Å². The van der Waals surface area contributed by atoms with Gasteiger partial charge in [-0.05, 0) is 24.3 Å². The lowest BCUT2D eigenvalue weighted by Crippen LogP contribution is -2.08. The van der Waals surface area contributed by atoms with Crippen molar-refractivity contribution in [3.05, 3.63) is 58.6 Å².